The molecule has 0 bridgehead atoms. The van der Waals surface area contributed by atoms with E-state index in [1.54, 1.807) is 6.07 Å². The van der Waals surface area contributed by atoms with Gasteiger partial charge in [-0.2, -0.15) is 0 Å². The SMILES string of the molecule is CCCC(C)N(C)CC(C)C(NC)c1ccccc1F. The van der Waals surface area contributed by atoms with E-state index in [9.17, 15) is 4.39 Å². The second-order valence-electron chi connectivity index (χ2n) is 5.84. The molecule has 1 N–H and O–H groups in total. The molecular weight excluding hydrogens is 251 g/mol. The highest BCUT2D eigenvalue weighted by Gasteiger charge is 2.22. The molecule has 0 saturated heterocycles. The Balaban J connectivity index is 2.73. The zero-order valence-electron chi connectivity index (χ0n) is 13.5. The van der Waals surface area contributed by atoms with Crippen molar-refractivity contribution in [1.29, 1.82) is 0 Å². The van der Waals surface area contributed by atoms with Crippen molar-refractivity contribution in [2.75, 3.05) is 20.6 Å². The van der Waals surface area contributed by atoms with Crippen LogP contribution in [0, 0.1) is 11.7 Å². The standard InChI is InChI=1S/C17H29FN2/c1-6-9-14(3)20(5)12-13(2)17(19-4)15-10-7-8-11-16(15)18/h7-8,10-11,13-14,17,19H,6,9,12H2,1-5H3. The summed E-state index contributed by atoms with van der Waals surface area (Å²) in [6, 6.07) is 7.68. The number of hydrogen-bond acceptors (Lipinski definition) is 2. The minimum absolute atomic E-state index is 0.0486. The number of hydrogen-bond donors (Lipinski definition) is 1. The second-order valence-corrected chi connectivity index (χ2v) is 5.84. The minimum atomic E-state index is -0.122. The van der Waals surface area contributed by atoms with Crippen molar-refractivity contribution in [2.24, 2.45) is 5.92 Å². The summed E-state index contributed by atoms with van der Waals surface area (Å²) in [6.07, 6.45) is 2.40. The second kappa shape index (κ2) is 8.38. The molecule has 1 aromatic carbocycles. The average Bonchev–Trinajstić information content (AvgIpc) is 2.42. The summed E-state index contributed by atoms with van der Waals surface area (Å²) in [4.78, 5) is 2.37. The Bertz CT molecular complexity index is 394. The van der Waals surface area contributed by atoms with E-state index in [4.69, 9.17) is 0 Å². The number of benzene rings is 1. The lowest BCUT2D eigenvalue weighted by molar-refractivity contribution is 0.193. The molecule has 3 atom stereocenters. The first-order chi connectivity index (χ1) is 9.51. The third-order valence-corrected chi connectivity index (χ3v) is 4.16. The van der Waals surface area contributed by atoms with Gasteiger partial charge >= 0.3 is 0 Å². The van der Waals surface area contributed by atoms with Crippen LogP contribution in [0.1, 0.15) is 45.2 Å². The number of rotatable bonds is 8. The van der Waals surface area contributed by atoms with Crippen LogP contribution in [0.25, 0.3) is 0 Å². The predicted molar refractivity (Wildman–Crippen MR) is 84.4 cm³/mol. The Morgan fingerprint density at radius 2 is 1.90 bits per heavy atom. The molecule has 2 nitrogen and oxygen atoms in total. The summed E-state index contributed by atoms with van der Waals surface area (Å²) in [5.41, 5.74) is 0.763. The van der Waals surface area contributed by atoms with Gasteiger partial charge in [0.25, 0.3) is 0 Å². The van der Waals surface area contributed by atoms with Gasteiger partial charge in [0, 0.05) is 24.2 Å². The number of nitrogens with one attached hydrogen (secondary N) is 1. The predicted octanol–water partition coefficient (Wildman–Crippen LogP) is 3.84. The summed E-state index contributed by atoms with van der Waals surface area (Å²) in [5.74, 6) is 0.226. The highest BCUT2D eigenvalue weighted by Crippen LogP contribution is 2.25. The molecule has 0 radical (unpaired) electrons. The maximum absolute atomic E-state index is 14.0. The lowest BCUT2D eigenvalue weighted by atomic mass is 9.93. The van der Waals surface area contributed by atoms with E-state index < -0.39 is 0 Å². The molecule has 3 heteroatoms. The van der Waals surface area contributed by atoms with Gasteiger partial charge in [-0.1, -0.05) is 38.5 Å². The van der Waals surface area contributed by atoms with Crippen molar-refractivity contribution in [2.45, 2.75) is 45.7 Å². The van der Waals surface area contributed by atoms with Gasteiger partial charge in [-0.3, -0.25) is 0 Å². The van der Waals surface area contributed by atoms with Crippen molar-refractivity contribution in [1.82, 2.24) is 10.2 Å². The number of halogens is 1. The molecule has 0 aliphatic carbocycles. The summed E-state index contributed by atoms with van der Waals surface area (Å²) < 4.78 is 14.0. The zero-order valence-corrected chi connectivity index (χ0v) is 13.5. The molecule has 0 amide bonds. The summed E-state index contributed by atoms with van der Waals surface area (Å²) in [6.45, 7) is 7.61. The van der Waals surface area contributed by atoms with Gasteiger partial charge in [0.15, 0.2) is 0 Å². The van der Waals surface area contributed by atoms with E-state index in [0.29, 0.717) is 12.0 Å². The molecule has 0 spiro atoms. The summed E-state index contributed by atoms with van der Waals surface area (Å²) in [7, 11) is 4.06. The average molecular weight is 280 g/mol. The molecule has 0 aliphatic rings. The van der Waals surface area contributed by atoms with Crippen molar-refractivity contribution in [3.63, 3.8) is 0 Å². The highest BCUT2D eigenvalue weighted by molar-refractivity contribution is 5.21. The quantitative estimate of drug-likeness (QED) is 0.778. The minimum Gasteiger partial charge on any atom is -0.313 e. The molecule has 114 valence electrons. The Hall–Kier alpha value is -0.930. The van der Waals surface area contributed by atoms with Crippen LogP contribution < -0.4 is 5.32 Å². The van der Waals surface area contributed by atoms with Crippen LogP contribution in [-0.4, -0.2) is 31.6 Å². The van der Waals surface area contributed by atoms with Gasteiger partial charge in [-0.15, -0.1) is 0 Å². The number of nitrogens with zero attached hydrogens (tertiary/aromatic N) is 1. The fourth-order valence-electron chi connectivity index (χ4n) is 2.85. The molecule has 0 aliphatic heterocycles. The fourth-order valence-corrected chi connectivity index (χ4v) is 2.85. The lowest BCUT2D eigenvalue weighted by Crippen LogP contribution is -2.37. The third kappa shape index (κ3) is 4.57. The maximum Gasteiger partial charge on any atom is 0.127 e. The monoisotopic (exact) mass is 280 g/mol. The first-order valence-corrected chi connectivity index (χ1v) is 7.63. The van der Waals surface area contributed by atoms with Crippen molar-refractivity contribution in [3.05, 3.63) is 35.6 Å². The van der Waals surface area contributed by atoms with Gasteiger partial charge in [0.1, 0.15) is 5.82 Å². The Labute approximate surface area is 123 Å². The molecule has 0 fully saturated rings. The topological polar surface area (TPSA) is 15.3 Å². The normalized spacial score (nSPS) is 16.1. The molecule has 0 heterocycles. The molecule has 0 aromatic heterocycles. The summed E-state index contributed by atoms with van der Waals surface area (Å²) in [5, 5.41) is 3.27. The fraction of sp³-hybridized carbons (Fsp3) is 0.647. The van der Waals surface area contributed by atoms with Crippen LogP contribution in [0.15, 0.2) is 24.3 Å². The van der Waals surface area contributed by atoms with Gasteiger partial charge in [-0.25, -0.2) is 4.39 Å². The van der Waals surface area contributed by atoms with E-state index in [0.717, 1.165) is 12.1 Å². The van der Waals surface area contributed by atoms with E-state index in [1.165, 1.54) is 18.9 Å². The molecule has 1 aromatic rings. The highest BCUT2D eigenvalue weighted by atomic mass is 19.1. The van der Waals surface area contributed by atoms with Gasteiger partial charge in [0.05, 0.1) is 0 Å². The maximum atomic E-state index is 14.0. The van der Waals surface area contributed by atoms with E-state index >= 15 is 0 Å². The van der Waals surface area contributed by atoms with E-state index in [2.05, 4.69) is 38.0 Å². The molecule has 3 unspecified atom stereocenters. The lowest BCUT2D eigenvalue weighted by Gasteiger charge is -2.31. The van der Waals surface area contributed by atoms with Crippen molar-refractivity contribution < 1.29 is 4.39 Å². The molecule has 0 saturated carbocycles. The van der Waals surface area contributed by atoms with Crippen LogP contribution in [-0.2, 0) is 0 Å². The largest absolute Gasteiger partial charge is 0.313 e. The van der Waals surface area contributed by atoms with Crippen LogP contribution in [0.4, 0.5) is 4.39 Å². The summed E-state index contributed by atoms with van der Waals surface area (Å²) >= 11 is 0. The van der Waals surface area contributed by atoms with Crippen LogP contribution in [0.3, 0.4) is 0 Å². The van der Waals surface area contributed by atoms with Crippen molar-refractivity contribution >= 4 is 0 Å². The zero-order chi connectivity index (χ0) is 15.1. The van der Waals surface area contributed by atoms with Gasteiger partial charge in [-0.05, 0) is 39.4 Å². The first-order valence-electron chi connectivity index (χ1n) is 7.63. The molecule has 20 heavy (non-hydrogen) atoms. The third-order valence-electron chi connectivity index (χ3n) is 4.16. The van der Waals surface area contributed by atoms with Crippen LogP contribution in [0.5, 0.6) is 0 Å². The van der Waals surface area contributed by atoms with Crippen molar-refractivity contribution in [3.8, 4) is 0 Å². The molecule has 1 rings (SSSR count). The van der Waals surface area contributed by atoms with Gasteiger partial charge in [0.2, 0.25) is 0 Å². The molecular formula is C17H29FN2. The smallest absolute Gasteiger partial charge is 0.127 e. The van der Waals surface area contributed by atoms with Gasteiger partial charge < -0.3 is 10.2 Å². The Morgan fingerprint density at radius 3 is 2.45 bits per heavy atom. The van der Waals surface area contributed by atoms with E-state index in [-0.39, 0.29) is 11.9 Å². The Kier molecular flexibility index (Phi) is 7.17. The van der Waals surface area contributed by atoms with Crippen LogP contribution >= 0.6 is 0 Å². The first kappa shape index (κ1) is 17.1. The van der Waals surface area contributed by atoms with Crippen LogP contribution in [0.2, 0.25) is 0 Å². The van der Waals surface area contributed by atoms with E-state index in [1.807, 2.05) is 19.2 Å². The Morgan fingerprint density at radius 1 is 1.25 bits per heavy atom.